The molecular weight excluding hydrogens is 332 g/mol. The molecule has 4 nitrogen and oxygen atoms in total. The van der Waals surface area contributed by atoms with Crippen molar-refractivity contribution >= 4 is 27.5 Å². The molecule has 2 aromatic rings. The normalized spacial score (nSPS) is 12.0. The van der Waals surface area contributed by atoms with Crippen molar-refractivity contribution in [2.24, 2.45) is 5.73 Å². The van der Waals surface area contributed by atoms with Crippen LogP contribution in [-0.4, -0.2) is 17.1 Å². The van der Waals surface area contributed by atoms with Crippen LogP contribution in [-0.2, 0) is 11.2 Å². The largest absolute Gasteiger partial charge is 0.508 e. The summed E-state index contributed by atoms with van der Waals surface area (Å²) in [7, 11) is 0. The number of carbonyl (C=O) groups is 1. The third-order valence-electron chi connectivity index (χ3n) is 3.18. The minimum absolute atomic E-state index is 0.197. The Kier molecular flexibility index (Phi) is 4.98. The fourth-order valence-electron chi connectivity index (χ4n) is 1.97. The second kappa shape index (κ2) is 6.74. The molecular formula is C16H17BrN2O2. The van der Waals surface area contributed by atoms with Crippen LogP contribution in [0.1, 0.15) is 11.1 Å². The minimum atomic E-state index is -0.641. The Morgan fingerprint density at radius 2 is 1.95 bits per heavy atom. The van der Waals surface area contributed by atoms with Crippen LogP contribution in [0.25, 0.3) is 0 Å². The Labute approximate surface area is 132 Å². The summed E-state index contributed by atoms with van der Waals surface area (Å²) in [5.74, 6) is -0.0317. The maximum absolute atomic E-state index is 12.1. The molecule has 0 aliphatic carbocycles. The van der Waals surface area contributed by atoms with Crippen molar-refractivity contribution in [1.82, 2.24) is 0 Å². The van der Waals surface area contributed by atoms with Crippen molar-refractivity contribution in [2.75, 3.05) is 5.32 Å². The van der Waals surface area contributed by atoms with E-state index in [1.165, 1.54) is 0 Å². The fourth-order valence-corrected chi connectivity index (χ4v) is 2.45. The Morgan fingerprint density at radius 3 is 2.57 bits per heavy atom. The van der Waals surface area contributed by atoms with Crippen LogP contribution in [0.15, 0.2) is 46.9 Å². The predicted molar refractivity (Wildman–Crippen MR) is 87.3 cm³/mol. The van der Waals surface area contributed by atoms with Crippen molar-refractivity contribution in [1.29, 1.82) is 0 Å². The third-order valence-corrected chi connectivity index (χ3v) is 3.67. The summed E-state index contributed by atoms with van der Waals surface area (Å²) in [5.41, 5.74) is 8.56. The lowest BCUT2D eigenvalue weighted by atomic mass is 10.1. The van der Waals surface area contributed by atoms with E-state index in [4.69, 9.17) is 5.73 Å². The molecule has 2 aromatic carbocycles. The molecule has 0 spiro atoms. The van der Waals surface area contributed by atoms with Gasteiger partial charge in [-0.05, 0) is 54.8 Å². The number of benzene rings is 2. The molecule has 110 valence electrons. The highest BCUT2D eigenvalue weighted by atomic mass is 79.9. The topological polar surface area (TPSA) is 75.4 Å². The second-order valence-corrected chi connectivity index (χ2v) is 5.84. The molecule has 0 bridgehead atoms. The molecule has 4 N–H and O–H groups in total. The zero-order valence-electron chi connectivity index (χ0n) is 11.6. The first-order chi connectivity index (χ1) is 9.95. The fraction of sp³-hybridized carbons (Fsp3) is 0.188. The van der Waals surface area contributed by atoms with Crippen molar-refractivity contribution < 1.29 is 9.90 Å². The van der Waals surface area contributed by atoms with Crippen molar-refractivity contribution in [3.8, 4) is 5.75 Å². The molecule has 0 radical (unpaired) electrons. The SMILES string of the molecule is Cc1cc(Br)ccc1NC(=O)C(N)Cc1ccc(O)cc1. The van der Waals surface area contributed by atoms with E-state index in [9.17, 15) is 9.90 Å². The van der Waals surface area contributed by atoms with Crippen LogP contribution in [0.5, 0.6) is 5.75 Å². The van der Waals surface area contributed by atoms with Gasteiger partial charge in [0.05, 0.1) is 6.04 Å². The number of halogens is 1. The van der Waals surface area contributed by atoms with E-state index in [0.717, 1.165) is 21.3 Å². The monoisotopic (exact) mass is 348 g/mol. The summed E-state index contributed by atoms with van der Waals surface area (Å²) in [6.45, 7) is 1.92. The van der Waals surface area contributed by atoms with Gasteiger partial charge in [-0.3, -0.25) is 4.79 Å². The molecule has 0 fully saturated rings. The van der Waals surface area contributed by atoms with Crippen LogP contribution in [0, 0.1) is 6.92 Å². The molecule has 0 aromatic heterocycles. The summed E-state index contributed by atoms with van der Waals surface area (Å²) in [4.78, 5) is 12.1. The van der Waals surface area contributed by atoms with E-state index in [0.29, 0.717) is 6.42 Å². The highest BCUT2D eigenvalue weighted by molar-refractivity contribution is 9.10. The maximum atomic E-state index is 12.1. The van der Waals surface area contributed by atoms with Gasteiger partial charge in [0.1, 0.15) is 5.75 Å². The average Bonchev–Trinajstić information content (AvgIpc) is 2.44. The van der Waals surface area contributed by atoms with E-state index < -0.39 is 6.04 Å². The number of aryl methyl sites for hydroxylation is 1. The second-order valence-electron chi connectivity index (χ2n) is 4.93. The Hall–Kier alpha value is -1.85. The first kappa shape index (κ1) is 15.5. The molecule has 0 aliphatic rings. The first-order valence-corrected chi connectivity index (χ1v) is 7.35. The molecule has 1 unspecified atom stereocenters. The average molecular weight is 349 g/mol. The standard InChI is InChI=1S/C16H17BrN2O2/c1-10-8-12(17)4-7-15(10)19-16(21)14(18)9-11-2-5-13(20)6-3-11/h2-8,14,20H,9,18H2,1H3,(H,19,21). The zero-order valence-corrected chi connectivity index (χ0v) is 13.2. The van der Waals surface area contributed by atoms with Gasteiger partial charge in [-0.25, -0.2) is 0 Å². The number of nitrogens with one attached hydrogen (secondary N) is 1. The number of nitrogens with two attached hydrogens (primary N) is 1. The predicted octanol–water partition coefficient (Wildman–Crippen LogP) is 2.97. The Bertz CT molecular complexity index is 641. The van der Waals surface area contributed by atoms with E-state index >= 15 is 0 Å². The number of hydrogen-bond donors (Lipinski definition) is 3. The number of anilines is 1. The van der Waals surface area contributed by atoms with Crippen molar-refractivity contribution in [3.05, 3.63) is 58.1 Å². The summed E-state index contributed by atoms with van der Waals surface area (Å²) in [6.07, 6.45) is 0.418. The van der Waals surface area contributed by atoms with E-state index in [2.05, 4.69) is 21.2 Å². The van der Waals surface area contributed by atoms with Crippen LogP contribution < -0.4 is 11.1 Å². The van der Waals surface area contributed by atoms with Gasteiger partial charge in [0.2, 0.25) is 5.91 Å². The summed E-state index contributed by atoms with van der Waals surface area (Å²) in [5, 5.41) is 12.1. The van der Waals surface area contributed by atoms with Gasteiger partial charge in [-0.1, -0.05) is 28.1 Å². The lowest BCUT2D eigenvalue weighted by Crippen LogP contribution is -2.37. The van der Waals surface area contributed by atoms with Crippen LogP contribution in [0.3, 0.4) is 0 Å². The summed E-state index contributed by atoms with van der Waals surface area (Å²) < 4.78 is 0.964. The molecule has 0 heterocycles. The lowest BCUT2D eigenvalue weighted by molar-refractivity contribution is -0.117. The Morgan fingerprint density at radius 1 is 1.29 bits per heavy atom. The van der Waals surface area contributed by atoms with Crippen LogP contribution in [0.4, 0.5) is 5.69 Å². The van der Waals surface area contributed by atoms with Crippen molar-refractivity contribution in [3.63, 3.8) is 0 Å². The van der Waals surface area contributed by atoms with Gasteiger partial charge < -0.3 is 16.2 Å². The molecule has 5 heteroatoms. The van der Waals surface area contributed by atoms with Crippen LogP contribution >= 0.6 is 15.9 Å². The van der Waals surface area contributed by atoms with Crippen molar-refractivity contribution in [2.45, 2.75) is 19.4 Å². The van der Waals surface area contributed by atoms with Gasteiger partial charge in [0.25, 0.3) is 0 Å². The minimum Gasteiger partial charge on any atom is -0.508 e. The smallest absolute Gasteiger partial charge is 0.241 e. The number of aromatic hydroxyl groups is 1. The van der Waals surface area contributed by atoms with Gasteiger partial charge in [-0.15, -0.1) is 0 Å². The quantitative estimate of drug-likeness (QED) is 0.794. The maximum Gasteiger partial charge on any atom is 0.241 e. The highest BCUT2D eigenvalue weighted by Gasteiger charge is 2.15. The van der Waals surface area contributed by atoms with E-state index in [-0.39, 0.29) is 11.7 Å². The molecule has 0 aliphatic heterocycles. The van der Waals surface area contributed by atoms with Gasteiger partial charge in [-0.2, -0.15) is 0 Å². The molecule has 0 saturated carbocycles. The van der Waals surface area contributed by atoms with Gasteiger partial charge in [0.15, 0.2) is 0 Å². The van der Waals surface area contributed by atoms with Gasteiger partial charge >= 0.3 is 0 Å². The number of phenolic OH excluding ortho intramolecular Hbond substituents is 1. The number of amides is 1. The molecule has 21 heavy (non-hydrogen) atoms. The molecule has 1 amide bonds. The van der Waals surface area contributed by atoms with E-state index in [1.807, 2.05) is 25.1 Å². The van der Waals surface area contributed by atoms with Gasteiger partial charge in [0, 0.05) is 10.2 Å². The van der Waals surface area contributed by atoms with Crippen LogP contribution in [0.2, 0.25) is 0 Å². The summed E-state index contributed by atoms with van der Waals surface area (Å²) in [6, 6.07) is 11.7. The lowest BCUT2D eigenvalue weighted by Gasteiger charge is -2.14. The van der Waals surface area contributed by atoms with E-state index in [1.54, 1.807) is 24.3 Å². The Balaban J connectivity index is 2.00. The molecule has 1 atom stereocenters. The molecule has 2 rings (SSSR count). The molecule has 0 saturated heterocycles. The number of rotatable bonds is 4. The number of phenols is 1. The number of carbonyl (C=O) groups excluding carboxylic acids is 1. The summed E-state index contributed by atoms with van der Waals surface area (Å²) >= 11 is 3.38. The number of hydrogen-bond acceptors (Lipinski definition) is 3. The highest BCUT2D eigenvalue weighted by Crippen LogP contribution is 2.20. The first-order valence-electron chi connectivity index (χ1n) is 6.56. The third kappa shape index (κ3) is 4.31. The zero-order chi connectivity index (χ0) is 15.4.